The number of nitrogens with zero attached hydrogens (tertiary/aromatic N) is 5. The average Bonchev–Trinajstić information content (AvgIpc) is 3.50. The molecule has 1 fully saturated rings. The summed E-state index contributed by atoms with van der Waals surface area (Å²) >= 11 is 0. The molecule has 8 nitrogen and oxygen atoms in total. The Morgan fingerprint density at radius 1 is 1.09 bits per heavy atom. The van der Waals surface area contributed by atoms with E-state index in [4.69, 9.17) is 0 Å². The van der Waals surface area contributed by atoms with Gasteiger partial charge in [0, 0.05) is 17.3 Å². The van der Waals surface area contributed by atoms with Crippen LogP contribution in [0.3, 0.4) is 0 Å². The highest BCUT2D eigenvalue weighted by Crippen LogP contribution is 2.22. The summed E-state index contributed by atoms with van der Waals surface area (Å²) < 4.78 is 0. The van der Waals surface area contributed by atoms with Crippen molar-refractivity contribution in [1.29, 1.82) is 0 Å². The summed E-state index contributed by atoms with van der Waals surface area (Å²) in [6.07, 6.45) is 4.74. The third-order valence-corrected chi connectivity index (χ3v) is 6.04. The topological polar surface area (TPSA) is 93.0 Å². The molecule has 0 spiro atoms. The van der Waals surface area contributed by atoms with Gasteiger partial charge >= 0.3 is 0 Å². The van der Waals surface area contributed by atoms with Gasteiger partial charge in [0.05, 0.1) is 0 Å². The Morgan fingerprint density at radius 3 is 2.45 bits per heavy atom. The quantitative estimate of drug-likeness (QED) is 0.571. The molecule has 2 amide bonds. The number of amides is 2. The molecule has 1 aliphatic rings. The van der Waals surface area contributed by atoms with E-state index in [-0.39, 0.29) is 24.4 Å². The van der Waals surface area contributed by atoms with E-state index in [1.165, 1.54) is 4.80 Å². The summed E-state index contributed by atoms with van der Waals surface area (Å²) in [6.45, 7) is 3.82. The van der Waals surface area contributed by atoms with E-state index in [1.807, 2.05) is 68.4 Å². The van der Waals surface area contributed by atoms with Gasteiger partial charge < -0.3 is 5.32 Å². The number of tetrazole rings is 1. The molecule has 0 saturated heterocycles. The maximum absolute atomic E-state index is 13.5. The molecular formula is C25H30N6O2. The zero-order chi connectivity index (χ0) is 23.2. The Balaban J connectivity index is 1.55. The van der Waals surface area contributed by atoms with E-state index in [0.717, 1.165) is 36.8 Å². The molecule has 1 heterocycles. The third-order valence-electron chi connectivity index (χ3n) is 6.04. The maximum Gasteiger partial charge on any atom is 0.251 e. The second-order valence-corrected chi connectivity index (χ2v) is 8.52. The SMILES string of the molecule is CC[C@@H](C(=O)NC1CCCC1)N(C(=O)Cn1nnc(-c2ccc(C)cc2)n1)c1ccccc1. The first-order valence-corrected chi connectivity index (χ1v) is 11.6. The normalized spacial score (nSPS) is 14.7. The highest BCUT2D eigenvalue weighted by molar-refractivity contribution is 6.00. The number of hydrogen-bond acceptors (Lipinski definition) is 5. The van der Waals surface area contributed by atoms with Gasteiger partial charge in [-0.2, -0.15) is 4.80 Å². The lowest BCUT2D eigenvalue weighted by Crippen LogP contribution is -2.52. The summed E-state index contributed by atoms with van der Waals surface area (Å²) in [4.78, 5) is 29.5. The van der Waals surface area contributed by atoms with E-state index < -0.39 is 6.04 Å². The molecule has 8 heteroatoms. The smallest absolute Gasteiger partial charge is 0.251 e. The van der Waals surface area contributed by atoms with Crippen molar-refractivity contribution < 1.29 is 9.59 Å². The summed E-state index contributed by atoms with van der Waals surface area (Å²) in [7, 11) is 0. The Bertz CT molecular complexity index is 1070. The number of hydrogen-bond donors (Lipinski definition) is 1. The van der Waals surface area contributed by atoms with Crippen LogP contribution in [0.15, 0.2) is 54.6 Å². The zero-order valence-corrected chi connectivity index (χ0v) is 19.1. The number of nitrogens with one attached hydrogen (secondary N) is 1. The number of rotatable bonds is 8. The molecule has 0 bridgehead atoms. The number of para-hydroxylation sites is 1. The second-order valence-electron chi connectivity index (χ2n) is 8.52. The fourth-order valence-electron chi connectivity index (χ4n) is 4.26. The standard InChI is InChI=1S/C25H30N6O2/c1-3-22(25(33)26-20-9-7-8-10-20)31(21-11-5-4-6-12-21)23(32)17-30-28-24(27-29-30)19-15-13-18(2)14-16-19/h4-6,11-16,20,22H,3,7-10,17H2,1-2H3,(H,26,33)/t22-/m0/s1. The predicted molar refractivity (Wildman–Crippen MR) is 126 cm³/mol. The summed E-state index contributed by atoms with van der Waals surface area (Å²) in [5.74, 6) is 0.0797. The van der Waals surface area contributed by atoms with Gasteiger partial charge in [0.2, 0.25) is 11.7 Å². The highest BCUT2D eigenvalue weighted by atomic mass is 16.2. The molecule has 2 aromatic carbocycles. The van der Waals surface area contributed by atoms with E-state index in [0.29, 0.717) is 17.9 Å². The first kappa shape index (κ1) is 22.6. The summed E-state index contributed by atoms with van der Waals surface area (Å²) in [5.41, 5.74) is 2.65. The van der Waals surface area contributed by atoms with E-state index >= 15 is 0 Å². The van der Waals surface area contributed by atoms with Crippen molar-refractivity contribution in [2.75, 3.05) is 4.90 Å². The molecule has 0 aliphatic heterocycles. The maximum atomic E-state index is 13.5. The van der Waals surface area contributed by atoms with Crippen molar-refractivity contribution in [3.8, 4) is 11.4 Å². The fourth-order valence-corrected chi connectivity index (χ4v) is 4.26. The lowest BCUT2D eigenvalue weighted by molar-refractivity contribution is -0.127. The molecule has 4 rings (SSSR count). The predicted octanol–water partition coefficient (Wildman–Crippen LogP) is 3.52. The minimum absolute atomic E-state index is 0.110. The van der Waals surface area contributed by atoms with Crippen LogP contribution in [0.25, 0.3) is 11.4 Å². The van der Waals surface area contributed by atoms with Crippen LogP contribution < -0.4 is 10.2 Å². The number of carbonyl (C=O) groups is 2. The fraction of sp³-hybridized carbons (Fsp3) is 0.400. The minimum atomic E-state index is -0.611. The van der Waals surface area contributed by atoms with Gasteiger partial charge in [-0.1, -0.05) is 67.8 Å². The Morgan fingerprint density at radius 2 is 1.79 bits per heavy atom. The van der Waals surface area contributed by atoms with Gasteiger partial charge in [-0.15, -0.1) is 10.2 Å². The van der Waals surface area contributed by atoms with Crippen molar-refractivity contribution >= 4 is 17.5 Å². The first-order chi connectivity index (χ1) is 16.0. The van der Waals surface area contributed by atoms with Gasteiger partial charge in [-0.3, -0.25) is 14.5 Å². The molecule has 0 unspecified atom stereocenters. The highest BCUT2D eigenvalue weighted by Gasteiger charge is 2.32. The molecule has 1 atom stereocenters. The molecule has 1 aliphatic carbocycles. The minimum Gasteiger partial charge on any atom is -0.352 e. The van der Waals surface area contributed by atoms with Crippen LogP contribution in [0.2, 0.25) is 0 Å². The molecule has 1 saturated carbocycles. The summed E-state index contributed by atoms with van der Waals surface area (Å²) in [5, 5.41) is 15.7. The van der Waals surface area contributed by atoms with Crippen LogP contribution in [0.1, 0.15) is 44.6 Å². The second kappa shape index (κ2) is 10.4. The van der Waals surface area contributed by atoms with Crippen molar-refractivity contribution in [2.24, 2.45) is 0 Å². The number of aromatic nitrogens is 4. The van der Waals surface area contributed by atoms with Crippen LogP contribution in [-0.4, -0.2) is 44.1 Å². The molecule has 0 radical (unpaired) electrons. The number of benzene rings is 2. The molecule has 172 valence electrons. The van der Waals surface area contributed by atoms with E-state index in [2.05, 4.69) is 20.7 Å². The van der Waals surface area contributed by atoms with Crippen molar-refractivity contribution in [1.82, 2.24) is 25.5 Å². The van der Waals surface area contributed by atoms with Crippen LogP contribution in [0.5, 0.6) is 0 Å². The molecule has 3 aromatic rings. The van der Waals surface area contributed by atoms with Crippen molar-refractivity contribution in [2.45, 2.75) is 64.6 Å². The third kappa shape index (κ3) is 5.45. The molecular weight excluding hydrogens is 416 g/mol. The van der Waals surface area contributed by atoms with Gasteiger partial charge in [0.1, 0.15) is 12.6 Å². The first-order valence-electron chi connectivity index (χ1n) is 11.6. The molecule has 33 heavy (non-hydrogen) atoms. The van der Waals surface area contributed by atoms with Gasteiger partial charge in [0.25, 0.3) is 5.91 Å². The summed E-state index contributed by atoms with van der Waals surface area (Å²) in [6, 6.07) is 16.7. The molecule has 1 N–H and O–H groups in total. The van der Waals surface area contributed by atoms with Crippen molar-refractivity contribution in [3.05, 3.63) is 60.2 Å². The number of anilines is 1. The van der Waals surface area contributed by atoms with Crippen LogP contribution >= 0.6 is 0 Å². The van der Waals surface area contributed by atoms with E-state index in [9.17, 15) is 9.59 Å². The van der Waals surface area contributed by atoms with Gasteiger partial charge in [-0.25, -0.2) is 0 Å². The zero-order valence-electron chi connectivity index (χ0n) is 19.1. The van der Waals surface area contributed by atoms with Crippen molar-refractivity contribution in [3.63, 3.8) is 0 Å². The number of carbonyl (C=O) groups excluding carboxylic acids is 2. The van der Waals surface area contributed by atoms with Gasteiger partial charge in [-0.05, 0) is 43.5 Å². The van der Waals surface area contributed by atoms with E-state index in [1.54, 1.807) is 4.90 Å². The Kier molecular flexibility index (Phi) is 7.12. The monoisotopic (exact) mass is 446 g/mol. The molecule has 1 aromatic heterocycles. The average molecular weight is 447 g/mol. The van der Waals surface area contributed by atoms with Crippen LogP contribution in [-0.2, 0) is 16.1 Å². The lowest BCUT2D eigenvalue weighted by atomic mass is 10.1. The van der Waals surface area contributed by atoms with Crippen LogP contribution in [0, 0.1) is 6.92 Å². The van der Waals surface area contributed by atoms with Crippen LogP contribution in [0.4, 0.5) is 5.69 Å². The number of aryl methyl sites for hydroxylation is 1. The largest absolute Gasteiger partial charge is 0.352 e. The van der Waals surface area contributed by atoms with Gasteiger partial charge in [0.15, 0.2) is 0 Å². The lowest BCUT2D eigenvalue weighted by Gasteiger charge is -2.31. The Labute approximate surface area is 194 Å². The Hall–Kier alpha value is -3.55.